The summed E-state index contributed by atoms with van der Waals surface area (Å²) in [7, 11) is 0. The van der Waals surface area contributed by atoms with Crippen molar-refractivity contribution >= 4 is 29.5 Å². The first-order valence-corrected chi connectivity index (χ1v) is 14.1. The van der Waals surface area contributed by atoms with E-state index in [-0.39, 0.29) is 59.8 Å². The zero-order valence-corrected chi connectivity index (χ0v) is 26.3. The summed E-state index contributed by atoms with van der Waals surface area (Å²) < 4.78 is 5.45. The summed E-state index contributed by atoms with van der Waals surface area (Å²) in [6.07, 6.45) is 1.96. The molecule has 226 valence electrons. The number of urea groups is 1. The second kappa shape index (κ2) is 15.4. The van der Waals surface area contributed by atoms with Crippen LogP contribution in [-0.2, 0) is 23.9 Å². The number of esters is 1. The fraction of sp³-hybridized carbons (Fsp3) is 0.833. The first kappa shape index (κ1) is 36.5. The van der Waals surface area contributed by atoms with Gasteiger partial charge in [-0.05, 0) is 42.4 Å². The molecule has 2 atom stereocenters. The van der Waals surface area contributed by atoms with Crippen molar-refractivity contribution < 1.29 is 28.7 Å². The number of ketones is 2. The fourth-order valence-electron chi connectivity index (χ4n) is 4.51. The second-order valence-corrected chi connectivity index (χ2v) is 14.5. The number of amides is 3. The van der Waals surface area contributed by atoms with Gasteiger partial charge in [0.1, 0.15) is 6.61 Å². The summed E-state index contributed by atoms with van der Waals surface area (Å²) in [5.74, 6) is -2.45. The Bertz CT molecular complexity index is 830. The van der Waals surface area contributed by atoms with Crippen LogP contribution in [0.25, 0.3) is 0 Å². The minimum atomic E-state index is -0.767. The fourth-order valence-corrected chi connectivity index (χ4v) is 4.51. The molecular formula is C30H55N3O6. The lowest BCUT2D eigenvalue weighted by atomic mass is 9.77. The van der Waals surface area contributed by atoms with E-state index in [9.17, 15) is 24.0 Å². The number of ether oxygens (including phenoxy) is 1. The van der Waals surface area contributed by atoms with Crippen LogP contribution in [-0.4, -0.2) is 48.7 Å². The third-order valence-electron chi connectivity index (χ3n) is 6.36. The molecule has 0 aromatic rings. The maximum atomic E-state index is 13.2. The molecule has 0 heterocycles. The van der Waals surface area contributed by atoms with Gasteiger partial charge in [-0.2, -0.15) is 0 Å². The average molecular weight is 554 g/mol. The number of Topliss-reactive ketones (excluding diaryl/α,β-unsaturated/α-hetero) is 2. The van der Waals surface area contributed by atoms with E-state index in [1.165, 1.54) is 0 Å². The summed E-state index contributed by atoms with van der Waals surface area (Å²) in [5.41, 5.74) is 4.27. The van der Waals surface area contributed by atoms with E-state index in [0.29, 0.717) is 25.7 Å². The molecule has 4 N–H and O–H groups in total. The lowest BCUT2D eigenvalue weighted by Crippen LogP contribution is -2.49. The van der Waals surface area contributed by atoms with Gasteiger partial charge in [-0.15, -0.1) is 0 Å². The van der Waals surface area contributed by atoms with Crippen LogP contribution in [0.3, 0.4) is 0 Å². The van der Waals surface area contributed by atoms with Crippen LogP contribution in [0.1, 0.15) is 108 Å². The number of carbonyl (C=O) groups excluding carboxylic acids is 5. The van der Waals surface area contributed by atoms with E-state index in [2.05, 4.69) is 52.2 Å². The molecule has 0 fully saturated rings. The third-order valence-corrected chi connectivity index (χ3v) is 6.36. The van der Waals surface area contributed by atoms with E-state index >= 15 is 0 Å². The highest BCUT2D eigenvalue weighted by Gasteiger charge is 2.34. The smallest absolute Gasteiger partial charge is 0.312 e. The molecule has 0 rings (SSSR count). The Morgan fingerprint density at radius 2 is 1.36 bits per heavy atom. The van der Waals surface area contributed by atoms with Crippen molar-refractivity contribution in [3.8, 4) is 0 Å². The minimum absolute atomic E-state index is 0.0727. The number of hydrogen-bond donors (Lipinski definition) is 3. The summed E-state index contributed by atoms with van der Waals surface area (Å²) in [5, 5.41) is 5.32. The maximum absolute atomic E-state index is 13.2. The van der Waals surface area contributed by atoms with E-state index in [0.717, 1.165) is 0 Å². The standard InChI is InChI=1S/C30H55N3O6/c1-19(2)22(25(36)33-23(24(35)30(9,10)11)13-12-14-32-27(31)38)15-21(34)18-39-26(37)20(16-28(3,4)5)17-29(6,7)8/h19-20,22-23H,12-18H2,1-11H3,(H,33,36)(H3,31,32,38)/t22-,23-/m0/s1. The molecule has 9 nitrogen and oxygen atoms in total. The summed E-state index contributed by atoms with van der Waals surface area (Å²) in [4.78, 5) is 63.0. The lowest BCUT2D eigenvalue weighted by molar-refractivity contribution is -0.154. The highest BCUT2D eigenvalue weighted by atomic mass is 16.5. The maximum Gasteiger partial charge on any atom is 0.312 e. The van der Waals surface area contributed by atoms with Crippen molar-refractivity contribution in [3.63, 3.8) is 0 Å². The van der Waals surface area contributed by atoms with Crippen molar-refractivity contribution in [2.45, 2.75) is 114 Å². The van der Waals surface area contributed by atoms with Gasteiger partial charge in [0.2, 0.25) is 5.91 Å². The Balaban J connectivity index is 5.36. The normalized spacial score (nSPS) is 14.1. The molecule has 0 aliphatic heterocycles. The monoisotopic (exact) mass is 553 g/mol. The molecule has 0 aliphatic carbocycles. The number of rotatable bonds is 15. The van der Waals surface area contributed by atoms with Gasteiger partial charge >= 0.3 is 12.0 Å². The molecule has 9 heteroatoms. The molecule has 0 bridgehead atoms. The van der Waals surface area contributed by atoms with Crippen LogP contribution in [0.5, 0.6) is 0 Å². The average Bonchev–Trinajstić information content (AvgIpc) is 2.73. The summed E-state index contributed by atoms with van der Waals surface area (Å²) in [6.45, 7) is 21.3. The Morgan fingerprint density at radius 3 is 1.77 bits per heavy atom. The van der Waals surface area contributed by atoms with Crippen molar-refractivity contribution in [1.29, 1.82) is 0 Å². The molecule has 0 aromatic heterocycles. The zero-order chi connectivity index (χ0) is 30.8. The van der Waals surface area contributed by atoms with Crippen LogP contribution in [0.4, 0.5) is 4.79 Å². The van der Waals surface area contributed by atoms with Crippen LogP contribution in [0.2, 0.25) is 0 Å². The van der Waals surface area contributed by atoms with E-state index in [1.807, 2.05) is 13.8 Å². The highest BCUT2D eigenvalue weighted by Crippen LogP contribution is 2.33. The van der Waals surface area contributed by atoms with Gasteiger partial charge in [0.25, 0.3) is 0 Å². The van der Waals surface area contributed by atoms with Gasteiger partial charge in [0, 0.05) is 24.3 Å². The topological polar surface area (TPSA) is 145 Å². The van der Waals surface area contributed by atoms with Gasteiger partial charge in [-0.3, -0.25) is 19.2 Å². The van der Waals surface area contributed by atoms with Gasteiger partial charge in [0.05, 0.1) is 12.0 Å². The second-order valence-electron chi connectivity index (χ2n) is 14.5. The number of hydrogen-bond acceptors (Lipinski definition) is 6. The number of primary amides is 1. The third kappa shape index (κ3) is 16.3. The van der Waals surface area contributed by atoms with Crippen molar-refractivity contribution in [2.24, 2.45) is 39.7 Å². The minimum Gasteiger partial charge on any atom is -0.457 e. The van der Waals surface area contributed by atoms with Crippen LogP contribution in [0, 0.1) is 34.0 Å². The molecule has 39 heavy (non-hydrogen) atoms. The van der Waals surface area contributed by atoms with E-state index in [4.69, 9.17) is 10.5 Å². The van der Waals surface area contributed by atoms with Crippen LogP contribution < -0.4 is 16.4 Å². The molecule has 0 spiro atoms. The summed E-state index contributed by atoms with van der Waals surface area (Å²) in [6, 6.07) is -1.42. The van der Waals surface area contributed by atoms with Crippen molar-refractivity contribution in [3.05, 3.63) is 0 Å². The number of nitrogens with two attached hydrogens (primary N) is 1. The first-order valence-electron chi connectivity index (χ1n) is 14.1. The molecule has 0 saturated heterocycles. The predicted octanol–water partition coefficient (Wildman–Crippen LogP) is 4.80. The first-order chi connectivity index (χ1) is 17.5. The largest absolute Gasteiger partial charge is 0.457 e. The Labute approximate surface area is 236 Å². The lowest BCUT2D eigenvalue weighted by Gasteiger charge is -2.30. The quantitative estimate of drug-likeness (QED) is 0.196. The predicted molar refractivity (Wildman–Crippen MR) is 154 cm³/mol. The molecule has 0 saturated carbocycles. The summed E-state index contributed by atoms with van der Waals surface area (Å²) >= 11 is 0. The van der Waals surface area contributed by atoms with Gasteiger partial charge < -0.3 is 21.1 Å². The van der Waals surface area contributed by atoms with Crippen LogP contribution in [0.15, 0.2) is 0 Å². The van der Waals surface area contributed by atoms with Crippen LogP contribution >= 0.6 is 0 Å². The molecule has 0 unspecified atom stereocenters. The Kier molecular flexibility index (Phi) is 14.4. The van der Waals surface area contributed by atoms with Crippen molar-refractivity contribution in [1.82, 2.24) is 10.6 Å². The van der Waals surface area contributed by atoms with E-state index in [1.54, 1.807) is 20.8 Å². The zero-order valence-electron chi connectivity index (χ0n) is 26.3. The molecule has 0 aliphatic rings. The molecule has 3 amide bonds. The molecule has 0 radical (unpaired) electrons. The van der Waals surface area contributed by atoms with Gasteiger partial charge in [-0.25, -0.2) is 4.79 Å². The van der Waals surface area contributed by atoms with E-state index < -0.39 is 29.3 Å². The number of carbonyl (C=O) groups is 5. The highest BCUT2D eigenvalue weighted by molar-refractivity contribution is 5.94. The Hall–Kier alpha value is -2.45. The van der Waals surface area contributed by atoms with Gasteiger partial charge in [-0.1, -0.05) is 76.2 Å². The number of nitrogens with one attached hydrogen (secondary N) is 2. The molecular weight excluding hydrogens is 498 g/mol. The van der Waals surface area contributed by atoms with Gasteiger partial charge in [0.15, 0.2) is 11.6 Å². The van der Waals surface area contributed by atoms with Crippen molar-refractivity contribution in [2.75, 3.05) is 13.2 Å². The SMILES string of the molecule is CC(C)[C@H](CC(=O)COC(=O)C(CC(C)(C)C)CC(C)(C)C)C(=O)N[C@@H](CCCNC(N)=O)C(=O)C(C)(C)C. The Morgan fingerprint density at radius 1 is 0.846 bits per heavy atom. The molecule has 0 aromatic carbocycles.